The minimum atomic E-state index is -0.870. The normalized spacial score (nSPS) is 8.36. The van der Waals surface area contributed by atoms with Crippen molar-refractivity contribution >= 4 is 39.2 Å². The Morgan fingerprint density at radius 2 is 1.18 bits per heavy atom. The Kier molecular flexibility index (Phi) is 9.74. The van der Waals surface area contributed by atoms with E-state index in [1.165, 1.54) is 0 Å². The maximum Gasteiger partial charge on any atom is 0.303 e. The van der Waals surface area contributed by atoms with E-state index in [0.29, 0.717) is 12.8 Å². The van der Waals surface area contributed by atoms with Crippen LogP contribution in [0, 0.1) is 0 Å². The predicted octanol–water partition coefficient (Wildman–Crippen LogP) is 0.335. The third-order valence-corrected chi connectivity index (χ3v) is 1.03. The number of carboxylic acids is 2. The van der Waals surface area contributed by atoms with Crippen LogP contribution in [0.4, 0.5) is 0 Å². The van der Waals surface area contributed by atoms with E-state index in [4.69, 9.17) is 10.2 Å². The molecular weight excluding hydrogens is 343 g/mol. The summed E-state index contributed by atoms with van der Waals surface area (Å²) >= 11 is 0. The summed E-state index contributed by atoms with van der Waals surface area (Å²) in [5, 5.41) is 16.3. The molecule has 0 atom stereocenters. The molecule has 0 aromatic carbocycles. The third kappa shape index (κ3) is 12.9. The molecule has 0 unspecified atom stereocenters. The van der Waals surface area contributed by atoms with Crippen molar-refractivity contribution in [2.45, 2.75) is 25.7 Å². The monoisotopic (exact) mass is 354 g/mol. The van der Waals surface area contributed by atoms with Crippen molar-refractivity contribution in [1.82, 2.24) is 0 Å². The van der Waals surface area contributed by atoms with Gasteiger partial charge in [0.25, 0.3) is 0 Å². The van der Waals surface area contributed by atoms with Crippen molar-refractivity contribution in [2.75, 3.05) is 0 Å². The van der Waals surface area contributed by atoms with Crippen molar-refractivity contribution in [2.24, 2.45) is 0 Å². The average molecular weight is 353 g/mol. The molecule has 0 fully saturated rings. The molecule has 11 heavy (non-hydrogen) atoms. The second kappa shape index (κ2) is 7.96. The van der Waals surface area contributed by atoms with Crippen molar-refractivity contribution in [3.63, 3.8) is 0 Å². The molecule has 62 valence electrons. The van der Waals surface area contributed by atoms with Gasteiger partial charge in [-0.2, -0.15) is 0 Å². The van der Waals surface area contributed by atoms with Crippen LogP contribution in [0.2, 0.25) is 0 Å². The van der Waals surface area contributed by atoms with Gasteiger partial charge in [0.2, 0.25) is 0 Å². The first kappa shape index (κ1) is 13.5. The molecule has 0 saturated heterocycles. The summed E-state index contributed by atoms with van der Waals surface area (Å²) < 4.78 is 0. The molecule has 4 nitrogen and oxygen atoms in total. The summed E-state index contributed by atoms with van der Waals surface area (Å²) in [5.41, 5.74) is 0. The van der Waals surface area contributed by atoms with Gasteiger partial charge >= 0.3 is 11.9 Å². The van der Waals surface area contributed by atoms with Gasteiger partial charge in [0.1, 0.15) is 0 Å². The Labute approximate surface area is 84.8 Å². The summed E-state index contributed by atoms with van der Waals surface area (Å²) in [6.07, 6.45) is 1.02. The number of rotatable bonds is 5. The maximum absolute atomic E-state index is 9.90. The van der Waals surface area contributed by atoms with Gasteiger partial charge in [0, 0.05) is 40.1 Å². The first-order valence-corrected chi connectivity index (χ1v) is 3.06. The zero-order valence-electron chi connectivity index (χ0n) is 6.04. The van der Waals surface area contributed by atoms with Crippen LogP contribution in [-0.2, 0) is 9.59 Å². The van der Waals surface area contributed by atoms with E-state index in [1.54, 1.807) is 0 Å². The first-order valence-electron chi connectivity index (χ1n) is 3.06. The fourth-order valence-electron chi connectivity index (χ4n) is 0.552. The molecule has 0 aliphatic carbocycles. The summed E-state index contributed by atoms with van der Waals surface area (Å²) in [7, 11) is 0. The minimum Gasteiger partial charge on any atom is -0.481 e. The fourth-order valence-corrected chi connectivity index (χ4v) is 0.552. The molecule has 0 aliphatic heterocycles. The zero-order chi connectivity index (χ0) is 7.98. The van der Waals surface area contributed by atoms with Crippen molar-refractivity contribution in [1.29, 1.82) is 0 Å². The Morgan fingerprint density at radius 3 is 1.36 bits per heavy atom. The van der Waals surface area contributed by atoms with E-state index in [9.17, 15) is 9.59 Å². The molecule has 0 spiro atoms. The average Bonchev–Trinajstić information content (AvgIpc) is 1.79. The van der Waals surface area contributed by atoms with Gasteiger partial charge in [-0.3, -0.25) is 9.59 Å². The summed E-state index contributed by atoms with van der Waals surface area (Å²) in [5.74, 6) is -1.74. The summed E-state index contributed by atoms with van der Waals surface area (Å²) in [6, 6.07) is 0. The maximum atomic E-state index is 9.90. The molecule has 0 saturated carbocycles. The second-order valence-electron chi connectivity index (χ2n) is 1.99. The molecule has 0 aromatic heterocycles. The van der Waals surface area contributed by atoms with Crippen LogP contribution in [0.1, 0.15) is 25.7 Å². The van der Waals surface area contributed by atoms with Gasteiger partial charge in [0.15, 0.2) is 0 Å². The van der Waals surface area contributed by atoms with Gasteiger partial charge < -0.3 is 10.2 Å². The van der Waals surface area contributed by atoms with E-state index < -0.39 is 11.9 Å². The van der Waals surface area contributed by atoms with Gasteiger partial charge in [-0.05, 0) is 12.8 Å². The first-order chi connectivity index (χ1) is 4.63. The predicted molar refractivity (Wildman–Crippen MR) is 39.5 cm³/mol. The minimum absolute atomic E-state index is 0. The molecule has 0 aromatic rings. The zero-order valence-corrected chi connectivity index (χ0v) is 9.93. The smallest absolute Gasteiger partial charge is 0.303 e. The Balaban J connectivity index is 0. The molecular formula is C6H10O4Pb. The molecule has 0 heterocycles. The van der Waals surface area contributed by atoms with Gasteiger partial charge in [0.05, 0.1) is 0 Å². The second-order valence-corrected chi connectivity index (χ2v) is 1.99. The van der Waals surface area contributed by atoms with Crippen LogP contribution in [-0.4, -0.2) is 49.5 Å². The van der Waals surface area contributed by atoms with Crippen molar-refractivity contribution in [3.8, 4) is 0 Å². The molecule has 5 heteroatoms. The molecule has 2 N–H and O–H groups in total. The van der Waals surface area contributed by atoms with Gasteiger partial charge in [-0.1, -0.05) is 0 Å². The van der Waals surface area contributed by atoms with Crippen LogP contribution in [0.25, 0.3) is 0 Å². The van der Waals surface area contributed by atoms with E-state index in [-0.39, 0.29) is 40.1 Å². The quantitative estimate of drug-likeness (QED) is 0.552. The molecule has 0 bridgehead atoms. The van der Waals surface area contributed by atoms with E-state index in [1.807, 2.05) is 0 Å². The summed E-state index contributed by atoms with van der Waals surface area (Å²) in [6.45, 7) is 0. The molecule has 0 amide bonds. The van der Waals surface area contributed by atoms with Crippen LogP contribution in [0.5, 0.6) is 0 Å². The number of carbonyl (C=O) groups is 2. The SMILES string of the molecule is O=C(O)CCCCC(=O)O.[Pb]. The number of aliphatic carboxylic acids is 2. The van der Waals surface area contributed by atoms with Crippen LogP contribution in [0.3, 0.4) is 0 Å². The number of hydrogen-bond donors (Lipinski definition) is 2. The molecule has 4 radical (unpaired) electrons. The van der Waals surface area contributed by atoms with E-state index in [2.05, 4.69) is 0 Å². The number of carboxylic acid groups (broad SMARTS) is 2. The largest absolute Gasteiger partial charge is 0.481 e. The third-order valence-electron chi connectivity index (χ3n) is 1.03. The molecule has 0 aliphatic rings. The van der Waals surface area contributed by atoms with Crippen LogP contribution in [0.15, 0.2) is 0 Å². The van der Waals surface area contributed by atoms with Gasteiger partial charge in [-0.25, -0.2) is 0 Å². The molecule has 0 rings (SSSR count). The van der Waals surface area contributed by atoms with Crippen molar-refractivity contribution in [3.05, 3.63) is 0 Å². The van der Waals surface area contributed by atoms with Crippen LogP contribution < -0.4 is 0 Å². The Hall–Kier alpha value is -0.138. The topological polar surface area (TPSA) is 74.6 Å². The Morgan fingerprint density at radius 1 is 0.909 bits per heavy atom. The Bertz CT molecular complexity index is 119. The van der Waals surface area contributed by atoms with Crippen LogP contribution >= 0.6 is 0 Å². The van der Waals surface area contributed by atoms with E-state index in [0.717, 1.165) is 0 Å². The van der Waals surface area contributed by atoms with Gasteiger partial charge in [-0.15, -0.1) is 0 Å². The standard InChI is InChI=1S/C6H10O4.Pb/c7-5(8)3-1-2-4-6(9)10;/h1-4H2,(H,7,8)(H,9,10);. The fraction of sp³-hybridized carbons (Fsp3) is 0.667. The number of hydrogen-bond acceptors (Lipinski definition) is 2. The number of unbranched alkanes of at least 4 members (excludes halogenated alkanes) is 1. The van der Waals surface area contributed by atoms with E-state index >= 15 is 0 Å². The summed E-state index contributed by atoms with van der Waals surface area (Å²) in [4.78, 5) is 19.8. The van der Waals surface area contributed by atoms with Crippen molar-refractivity contribution < 1.29 is 19.8 Å².